The first kappa shape index (κ1) is 16.8. The number of rotatable bonds is 7. The van der Waals surface area contributed by atoms with Crippen molar-refractivity contribution >= 4 is 23.7 Å². The second-order valence-electron chi connectivity index (χ2n) is 4.89. The highest BCUT2D eigenvalue weighted by Gasteiger charge is 2.09. The molecular weight excluding hydrogens is 344 g/mol. The normalized spacial score (nSPS) is 10.6. The Bertz CT molecular complexity index is 885. The molecule has 0 aromatic carbocycles. The van der Waals surface area contributed by atoms with Gasteiger partial charge >= 0.3 is 5.97 Å². The Hall–Kier alpha value is -3.01. The first-order chi connectivity index (χ1) is 12.2. The van der Waals surface area contributed by atoms with Crippen molar-refractivity contribution < 1.29 is 14.4 Å². The van der Waals surface area contributed by atoms with E-state index in [1.807, 2.05) is 6.26 Å². The maximum Gasteiger partial charge on any atom is 0.335 e. The fourth-order valence-corrected chi connectivity index (χ4v) is 2.37. The molecule has 3 rings (SSSR count). The highest BCUT2D eigenvalue weighted by atomic mass is 32.2. The van der Waals surface area contributed by atoms with E-state index in [-0.39, 0.29) is 12.1 Å². The molecule has 0 amide bonds. The van der Waals surface area contributed by atoms with Crippen molar-refractivity contribution in [2.45, 2.75) is 12.3 Å². The molecule has 10 heteroatoms. The maximum atomic E-state index is 11.1. The SMILES string of the molecule is CSCc1noc(CNc2nccc(-c3cc(C(=O)O)ccn3)n2)n1. The van der Waals surface area contributed by atoms with Gasteiger partial charge in [-0.3, -0.25) is 4.98 Å². The number of carbonyl (C=O) groups is 1. The largest absolute Gasteiger partial charge is 0.478 e. The van der Waals surface area contributed by atoms with E-state index in [1.165, 1.54) is 18.3 Å². The number of thioether (sulfide) groups is 1. The van der Waals surface area contributed by atoms with Crippen LogP contribution in [-0.2, 0) is 12.3 Å². The van der Waals surface area contributed by atoms with E-state index in [4.69, 9.17) is 9.63 Å². The van der Waals surface area contributed by atoms with Gasteiger partial charge in [0, 0.05) is 12.4 Å². The van der Waals surface area contributed by atoms with Crippen molar-refractivity contribution in [3.8, 4) is 11.4 Å². The number of carboxylic acid groups (broad SMARTS) is 1. The lowest BCUT2D eigenvalue weighted by molar-refractivity contribution is 0.0697. The van der Waals surface area contributed by atoms with Crippen molar-refractivity contribution in [1.29, 1.82) is 0 Å². The van der Waals surface area contributed by atoms with Crippen LogP contribution < -0.4 is 5.32 Å². The lowest BCUT2D eigenvalue weighted by Gasteiger charge is -2.05. The van der Waals surface area contributed by atoms with Crippen LogP contribution >= 0.6 is 11.8 Å². The molecule has 0 unspecified atom stereocenters. The van der Waals surface area contributed by atoms with Crippen molar-refractivity contribution in [3.05, 3.63) is 47.9 Å². The third kappa shape index (κ3) is 4.29. The van der Waals surface area contributed by atoms with Gasteiger partial charge in [-0.1, -0.05) is 5.16 Å². The zero-order valence-corrected chi connectivity index (χ0v) is 14.0. The summed E-state index contributed by atoms with van der Waals surface area (Å²) in [7, 11) is 0. The molecular formula is C15H14N6O3S. The number of pyridine rings is 1. The van der Waals surface area contributed by atoms with Gasteiger partial charge in [-0.25, -0.2) is 14.8 Å². The van der Waals surface area contributed by atoms with E-state index >= 15 is 0 Å². The summed E-state index contributed by atoms with van der Waals surface area (Å²) >= 11 is 1.61. The Balaban J connectivity index is 1.72. The number of nitrogens with zero attached hydrogens (tertiary/aromatic N) is 5. The highest BCUT2D eigenvalue weighted by molar-refractivity contribution is 7.97. The Morgan fingerprint density at radius 1 is 1.24 bits per heavy atom. The molecule has 0 bridgehead atoms. The van der Waals surface area contributed by atoms with Crippen LogP contribution in [0.3, 0.4) is 0 Å². The zero-order valence-electron chi connectivity index (χ0n) is 13.2. The molecule has 0 aliphatic heterocycles. The Kier molecular flexibility index (Phi) is 5.19. The number of hydrogen-bond acceptors (Lipinski definition) is 9. The third-order valence-corrected chi connectivity index (χ3v) is 3.65. The van der Waals surface area contributed by atoms with Crippen LogP contribution in [0.25, 0.3) is 11.4 Å². The smallest absolute Gasteiger partial charge is 0.335 e. The average molecular weight is 358 g/mol. The topological polar surface area (TPSA) is 127 Å². The summed E-state index contributed by atoms with van der Waals surface area (Å²) in [4.78, 5) is 27.9. The van der Waals surface area contributed by atoms with Gasteiger partial charge < -0.3 is 14.9 Å². The molecule has 0 saturated heterocycles. The van der Waals surface area contributed by atoms with Crippen LogP contribution in [0.15, 0.2) is 35.1 Å². The van der Waals surface area contributed by atoms with Gasteiger partial charge in [0.15, 0.2) is 5.82 Å². The minimum absolute atomic E-state index is 0.144. The molecule has 128 valence electrons. The van der Waals surface area contributed by atoms with Gasteiger partial charge in [-0.2, -0.15) is 16.7 Å². The van der Waals surface area contributed by atoms with Gasteiger partial charge in [0.2, 0.25) is 11.8 Å². The van der Waals surface area contributed by atoms with Crippen LogP contribution in [0.2, 0.25) is 0 Å². The first-order valence-corrected chi connectivity index (χ1v) is 8.62. The Morgan fingerprint density at radius 2 is 2.08 bits per heavy atom. The number of anilines is 1. The van der Waals surface area contributed by atoms with Crippen molar-refractivity contribution in [2.24, 2.45) is 0 Å². The first-order valence-electron chi connectivity index (χ1n) is 7.23. The van der Waals surface area contributed by atoms with Crippen molar-refractivity contribution in [2.75, 3.05) is 11.6 Å². The Morgan fingerprint density at radius 3 is 2.88 bits per heavy atom. The third-order valence-electron chi connectivity index (χ3n) is 3.11. The molecule has 0 spiro atoms. The summed E-state index contributed by atoms with van der Waals surface area (Å²) in [5, 5.41) is 15.9. The summed E-state index contributed by atoms with van der Waals surface area (Å²) in [5.41, 5.74) is 1.10. The second-order valence-corrected chi connectivity index (χ2v) is 5.76. The van der Waals surface area contributed by atoms with Crippen LogP contribution in [0.5, 0.6) is 0 Å². The Labute approximate surface area is 146 Å². The number of nitrogens with one attached hydrogen (secondary N) is 1. The minimum atomic E-state index is -1.02. The van der Waals surface area contributed by atoms with E-state index < -0.39 is 5.97 Å². The molecule has 0 atom stereocenters. The van der Waals surface area contributed by atoms with E-state index in [9.17, 15) is 4.79 Å². The molecule has 3 heterocycles. The number of aromatic nitrogens is 5. The van der Waals surface area contributed by atoms with Crippen LogP contribution in [-0.4, -0.2) is 42.4 Å². The quantitative estimate of drug-likeness (QED) is 0.648. The van der Waals surface area contributed by atoms with E-state index in [0.717, 1.165) is 0 Å². The van der Waals surface area contributed by atoms with Gasteiger partial charge in [-0.05, 0) is 24.5 Å². The van der Waals surface area contributed by atoms with E-state index in [2.05, 4.69) is 30.4 Å². The maximum absolute atomic E-state index is 11.1. The molecule has 3 aromatic heterocycles. The lowest BCUT2D eigenvalue weighted by Crippen LogP contribution is -2.05. The van der Waals surface area contributed by atoms with Crippen molar-refractivity contribution in [3.63, 3.8) is 0 Å². The standard InChI is InChI=1S/C15H14N6O3S/c1-25-8-12-20-13(24-21-12)7-18-15-17-5-3-10(19-15)11-6-9(14(22)23)2-4-16-11/h2-6H,7-8H2,1H3,(H,22,23)(H,17,18,19). The van der Waals surface area contributed by atoms with Gasteiger partial charge in [0.1, 0.15) is 0 Å². The minimum Gasteiger partial charge on any atom is -0.478 e. The van der Waals surface area contributed by atoms with Crippen LogP contribution in [0, 0.1) is 0 Å². The molecule has 0 radical (unpaired) electrons. The molecule has 0 fully saturated rings. The number of carboxylic acids is 1. The second kappa shape index (κ2) is 7.71. The fraction of sp³-hybridized carbons (Fsp3) is 0.200. The zero-order chi connectivity index (χ0) is 17.6. The highest BCUT2D eigenvalue weighted by Crippen LogP contribution is 2.17. The lowest BCUT2D eigenvalue weighted by atomic mass is 10.2. The summed E-state index contributed by atoms with van der Waals surface area (Å²) < 4.78 is 5.13. The molecule has 0 aliphatic carbocycles. The molecule has 3 aromatic rings. The molecule has 0 aliphatic rings. The number of aromatic carboxylic acids is 1. The van der Waals surface area contributed by atoms with Gasteiger partial charge in [0.25, 0.3) is 0 Å². The monoisotopic (exact) mass is 358 g/mol. The fourth-order valence-electron chi connectivity index (χ4n) is 1.99. The number of hydrogen-bond donors (Lipinski definition) is 2. The van der Waals surface area contributed by atoms with Crippen LogP contribution in [0.4, 0.5) is 5.95 Å². The predicted molar refractivity (Wildman–Crippen MR) is 91.1 cm³/mol. The molecule has 2 N–H and O–H groups in total. The summed E-state index contributed by atoms with van der Waals surface area (Å²) in [6, 6.07) is 4.54. The van der Waals surface area contributed by atoms with E-state index in [1.54, 1.807) is 24.0 Å². The molecule has 25 heavy (non-hydrogen) atoms. The van der Waals surface area contributed by atoms with Crippen molar-refractivity contribution in [1.82, 2.24) is 25.1 Å². The molecule has 0 saturated carbocycles. The summed E-state index contributed by atoms with van der Waals surface area (Å²) in [6.45, 7) is 0.285. The van der Waals surface area contributed by atoms with E-state index in [0.29, 0.717) is 34.8 Å². The van der Waals surface area contributed by atoms with Crippen LogP contribution in [0.1, 0.15) is 22.1 Å². The summed E-state index contributed by atoms with van der Waals surface area (Å²) in [5.74, 6) is 1.08. The average Bonchev–Trinajstić information content (AvgIpc) is 3.08. The molecule has 9 nitrogen and oxygen atoms in total. The van der Waals surface area contributed by atoms with Gasteiger partial charge in [0.05, 0.1) is 29.2 Å². The summed E-state index contributed by atoms with van der Waals surface area (Å²) in [6.07, 6.45) is 4.95. The van der Waals surface area contributed by atoms with Gasteiger partial charge in [-0.15, -0.1) is 0 Å². The predicted octanol–water partition coefficient (Wildman–Crippen LogP) is 2.09.